The average Bonchev–Trinajstić information content (AvgIpc) is 2.58. The van der Waals surface area contributed by atoms with Gasteiger partial charge in [0.1, 0.15) is 23.8 Å². The lowest BCUT2D eigenvalue weighted by Gasteiger charge is -2.08. The first-order valence-corrected chi connectivity index (χ1v) is 7.55. The van der Waals surface area contributed by atoms with E-state index in [1.807, 2.05) is 6.07 Å². The first kappa shape index (κ1) is 19.3. The maximum atomic E-state index is 12.6. The second-order valence-corrected chi connectivity index (χ2v) is 5.47. The first-order chi connectivity index (χ1) is 12.2. The number of pyridine rings is 1. The van der Waals surface area contributed by atoms with Gasteiger partial charge < -0.3 is 5.32 Å². The molecule has 7 nitrogen and oxygen atoms in total. The summed E-state index contributed by atoms with van der Waals surface area (Å²) in [7, 11) is 0. The minimum Gasteiger partial charge on any atom is -0.380 e. The molecule has 1 heterocycles. The molecule has 2 rings (SSSR count). The van der Waals surface area contributed by atoms with E-state index in [0.717, 1.165) is 18.3 Å². The number of alkyl halides is 3. The molecule has 136 valence electrons. The van der Waals surface area contributed by atoms with Crippen molar-refractivity contribution >= 4 is 28.8 Å². The van der Waals surface area contributed by atoms with Gasteiger partial charge in [-0.2, -0.15) is 18.4 Å². The van der Waals surface area contributed by atoms with Crippen LogP contribution < -0.4 is 15.6 Å². The molecular weight excluding hydrogens is 375 g/mol. The minimum absolute atomic E-state index is 0.110. The van der Waals surface area contributed by atoms with Gasteiger partial charge in [-0.05, 0) is 12.1 Å². The molecule has 0 saturated carbocycles. The van der Waals surface area contributed by atoms with Crippen LogP contribution in [0.25, 0.3) is 0 Å². The van der Waals surface area contributed by atoms with Crippen LogP contribution in [-0.4, -0.2) is 18.0 Å². The van der Waals surface area contributed by atoms with E-state index in [-0.39, 0.29) is 35.2 Å². The lowest BCUT2D eigenvalue weighted by atomic mass is 10.1. The smallest absolute Gasteiger partial charge is 0.380 e. The molecule has 26 heavy (non-hydrogen) atoms. The van der Waals surface area contributed by atoms with Crippen LogP contribution in [0.5, 0.6) is 0 Å². The Balaban J connectivity index is 1.95. The van der Waals surface area contributed by atoms with Gasteiger partial charge in [0.25, 0.3) is 11.5 Å². The van der Waals surface area contributed by atoms with E-state index >= 15 is 0 Å². The first-order valence-electron chi connectivity index (χ1n) is 7.17. The number of hydrogen-bond donors (Lipinski definition) is 2. The Morgan fingerprint density at radius 1 is 1.27 bits per heavy atom. The molecule has 1 aromatic carbocycles. The van der Waals surface area contributed by atoms with E-state index in [1.54, 1.807) is 0 Å². The van der Waals surface area contributed by atoms with Gasteiger partial charge in [-0.25, -0.2) is 4.98 Å². The maximum Gasteiger partial charge on any atom is 0.419 e. The number of aromatic nitrogens is 1. The van der Waals surface area contributed by atoms with Crippen LogP contribution in [0.1, 0.15) is 11.1 Å². The third kappa shape index (κ3) is 4.73. The van der Waals surface area contributed by atoms with E-state index in [0.29, 0.717) is 5.69 Å². The summed E-state index contributed by atoms with van der Waals surface area (Å²) in [6.07, 6.45) is -3.70. The molecule has 0 aliphatic rings. The molecule has 1 aromatic heterocycles. The van der Waals surface area contributed by atoms with Gasteiger partial charge >= 0.3 is 6.18 Å². The van der Waals surface area contributed by atoms with Gasteiger partial charge in [0, 0.05) is 12.1 Å². The van der Waals surface area contributed by atoms with Crippen LogP contribution in [0.4, 0.5) is 30.4 Å². The predicted octanol–water partition coefficient (Wildman–Crippen LogP) is 3.48. The molecule has 0 radical (unpaired) electrons. The van der Waals surface area contributed by atoms with Crippen LogP contribution in [-0.2, 0) is 6.18 Å². The molecule has 11 heteroatoms. The quantitative estimate of drug-likeness (QED) is 0.449. The molecule has 2 aromatic rings. The zero-order chi connectivity index (χ0) is 19.3. The fourth-order valence-electron chi connectivity index (χ4n) is 2.05. The van der Waals surface area contributed by atoms with Crippen molar-refractivity contribution in [2.75, 3.05) is 23.7 Å². The summed E-state index contributed by atoms with van der Waals surface area (Å²) in [5.41, 5.74) is -0.576. The van der Waals surface area contributed by atoms with E-state index in [2.05, 4.69) is 15.6 Å². The summed E-state index contributed by atoms with van der Waals surface area (Å²) in [5, 5.41) is 25.4. The topological polar surface area (TPSA) is 105 Å². The lowest BCUT2D eigenvalue weighted by Crippen LogP contribution is -2.21. The highest BCUT2D eigenvalue weighted by molar-refractivity contribution is 6.32. The zero-order valence-electron chi connectivity index (χ0n) is 13.0. The number of rotatable bonds is 6. The van der Waals surface area contributed by atoms with Gasteiger partial charge in [0.05, 0.1) is 28.3 Å². The normalized spacial score (nSPS) is 10.9. The van der Waals surface area contributed by atoms with E-state index in [9.17, 15) is 23.3 Å². The fraction of sp³-hybridized carbons (Fsp3) is 0.200. The second-order valence-electron chi connectivity index (χ2n) is 5.06. The SMILES string of the molecule is N#Cc1cc([N+](=O)[O-])ccc1NCCNc1[nH+]cc(C(F)(F)F)cc1Cl. The van der Waals surface area contributed by atoms with Crippen molar-refractivity contribution in [3.63, 3.8) is 0 Å². The number of non-ortho nitro benzene ring substituents is 1. The highest BCUT2D eigenvalue weighted by Crippen LogP contribution is 2.31. The standard InChI is InChI=1S/C15H11ClF3N5O2/c16-12-6-10(15(17,18)19)8-23-14(12)22-4-3-21-13-2-1-11(24(25)26)5-9(13)7-20/h1-2,5-6,8,21H,3-4H2,(H,22,23)/p+1. The molecule has 0 amide bonds. The summed E-state index contributed by atoms with van der Waals surface area (Å²) in [6.45, 7) is 0.557. The average molecular weight is 387 g/mol. The molecule has 0 atom stereocenters. The molecule has 0 saturated heterocycles. The number of nitro groups is 1. The molecule has 0 bridgehead atoms. The summed E-state index contributed by atoms with van der Waals surface area (Å²) < 4.78 is 37.7. The number of halogens is 4. The monoisotopic (exact) mass is 386 g/mol. The van der Waals surface area contributed by atoms with Crippen molar-refractivity contribution in [1.82, 2.24) is 0 Å². The van der Waals surface area contributed by atoms with Crippen molar-refractivity contribution in [2.24, 2.45) is 0 Å². The number of nitro benzene ring substituents is 1. The minimum atomic E-state index is -4.50. The summed E-state index contributed by atoms with van der Waals surface area (Å²) in [4.78, 5) is 12.5. The summed E-state index contributed by atoms with van der Waals surface area (Å²) in [5.74, 6) is 0.214. The van der Waals surface area contributed by atoms with E-state index in [4.69, 9.17) is 16.9 Å². The highest BCUT2D eigenvalue weighted by Gasteiger charge is 2.32. The molecule has 0 unspecified atom stereocenters. The largest absolute Gasteiger partial charge is 0.419 e. The van der Waals surface area contributed by atoms with Gasteiger partial charge in [-0.3, -0.25) is 15.4 Å². The summed E-state index contributed by atoms with van der Waals surface area (Å²) in [6, 6.07) is 6.48. The number of anilines is 2. The Morgan fingerprint density at radius 2 is 1.96 bits per heavy atom. The third-order valence-electron chi connectivity index (χ3n) is 3.30. The highest BCUT2D eigenvalue weighted by atomic mass is 35.5. The lowest BCUT2D eigenvalue weighted by molar-refractivity contribution is -0.384. The van der Waals surface area contributed by atoms with Gasteiger partial charge in [-0.1, -0.05) is 11.6 Å². The Bertz CT molecular complexity index is 867. The Morgan fingerprint density at radius 3 is 2.54 bits per heavy atom. The fourth-order valence-corrected chi connectivity index (χ4v) is 2.28. The van der Waals surface area contributed by atoms with E-state index < -0.39 is 16.7 Å². The number of nitriles is 1. The van der Waals surface area contributed by atoms with Crippen LogP contribution in [0.15, 0.2) is 30.5 Å². The van der Waals surface area contributed by atoms with Crippen molar-refractivity contribution in [3.05, 3.63) is 56.7 Å². The molecule has 0 fully saturated rings. The van der Waals surface area contributed by atoms with Gasteiger partial charge in [0.15, 0.2) is 0 Å². The van der Waals surface area contributed by atoms with Crippen molar-refractivity contribution < 1.29 is 23.1 Å². The van der Waals surface area contributed by atoms with Crippen molar-refractivity contribution in [1.29, 1.82) is 5.26 Å². The number of hydrogen-bond acceptors (Lipinski definition) is 5. The van der Waals surface area contributed by atoms with E-state index in [1.165, 1.54) is 12.1 Å². The summed E-state index contributed by atoms with van der Waals surface area (Å²) >= 11 is 5.81. The molecule has 0 aliphatic heterocycles. The zero-order valence-corrected chi connectivity index (χ0v) is 13.8. The van der Waals surface area contributed by atoms with Gasteiger partial charge in [-0.15, -0.1) is 0 Å². The number of H-pyrrole nitrogens is 1. The molecule has 0 spiro atoms. The number of aromatic amines is 1. The molecule has 3 N–H and O–H groups in total. The molecular formula is C15H12ClF3N5O2+. The van der Waals surface area contributed by atoms with Gasteiger partial charge in [0.2, 0.25) is 0 Å². The Kier molecular flexibility index (Phi) is 5.84. The molecule has 0 aliphatic carbocycles. The third-order valence-corrected chi connectivity index (χ3v) is 3.60. The van der Waals surface area contributed by atoms with Crippen LogP contribution >= 0.6 is 11.6 Å². The number of nitrogens with zero attached hydrogens (tertiary/aromatic N) is 2. The Labute approximate surface area is 150 Å². The van der Waals surface area contributed by atoms with Crippen LogP contribution in [0.3, 0.4) is 0 Å². The van der Waals surface area contributed by atoms with Crippen molar-refractivity contribution in [2.45, 2.75) is 6.18 Å². The van der Waals surface area contributed by atoms with Crippen LogP contribution in [0.2, 0.25) is 5.02 Å². The van der Waals surface area contributed by atoms with Crippen molar-refractivity contribution in [3.8, 4) is 6.07 Å². The van der Waals surface area contributed by atoms with Crippen LogP contribution in [0, 0.1) is 21.4 Å². The maximum absolute atomic E-state index is 12.6. The Hall–Kier alpha value is -3.06. The predicted molar refractivity (Wildman–Crippen MR) is 87.8 cm³/mol. The number of nitrogens with one attached hydrogen (secondary N) is 3. The number of benzene rings is 1. The second kappa shape index (κ2) is 7.88.